The number of nitrogens with one attached hydrogen (secondary N) is 1. The third kappa shape index (κ3) is 2.71. The molecule has 0 saturated heterocycles. The highest BCUT2D eigenvalue weighted by Crippen LogP contribution is 2.17. The van der Waals surface area contributed by atoms with E-state index in [4.69, 9.17) is 9.52 Å². The zero-order valence-electron chi connectivity index (χ0n) is 11.9. The Balaban J connectivity index is 1.98. The van der Waals surface area contributed by atoms with Gasteiger partial charge >= 0.3 is 11.8 Å². The minimum atomic E-state index is -1.13. The van der Waals surface area contributed by atoms with Crippen LogP contribution >= 0.6 is 0 Å². The Labute approximate surface area is 125 Å². The van der Waals surface area contributed by atoms with Crippen LogP contribution in [0.2, 0.25) is 0 Å². The number of carbonyl (C=O) groups is 1. The fourth-order valence-corrected chi connectivity index (χ4v) is 2.38. The van der Waals surface area contributed by atoms with Crippen LogP contribution in [0.25, 0.3) is 11.1 Å². The van der Waals surface area contributed by atoms with Crippen molar-refractivity contribution >= 4 is 22.9 Å². The quantitative estimate of drug-likeness (QED) is 0.778. The second-order valence-corrected chi connectivity index (χ2v) is 5.06. The molecule has 0 unspecified atom stereocenters. The van der Waals surface area contributed by atoms with Crippen LogP contribution in [0.5, 0.6) is 0 Å². The normalized spacial score (nSPS) is 10.8. The van der Waals surface area contributed by atoms with Crippen molar-refractivity contribution in [2.45, 2.75) is 13.5 Å². The van der Waals surface area contributed by atoms with Gasteiger partial charge in [-0.15, -0.1) is 0 Å². The molecular weight excluding hydrogens is 284 g/mol. The summed E-state index contributed by atoms with van der Waals surface area (Å²) in [7, 11) is 0. The number of nitrogens with zero attached hydrogens (tertiary/aromatic N) is 1. The molecule has 3 aromatic rings. The number of anilines is 1. The first-order chi connectivity index (χ1) is 10.5. The van der Waals surface area contributed by atoms with Crippen molar-refractivity contribution < 1.29 is 14.3 Å². The molecule has 1 heterocycles. The summed E-state index contributed by atoms with van der Waals surface area (Å²) in [5.41, 5.74) is 3.54. The van der Waals surface area contributed by atoms with Gasteiger partial charge in [-0.25, -0.2) is 9.59 Å². The number of rotatable bonds is 3. The standard InChI is InChI=1S/C16H14N2O4/c1-10-5-6-13-14(7-10)22-16(21)18(13)9-11-3-2-4-12(8-11)17-15(19)20/h2-8,17H,9H2,1H3,(H,19,20). The Hall–Kier alpha value is -3.02. The predicted octanol–water partition coefficient (Wildman–Crippen LogP) is 3.04. The van der Waals surface area contributed by atoms with Crippen LogP contribution in [-0.4, -0.2) is 15.8 Å². The topological polar surface area (TPSA) is 84.5 Å². The highest BCUT2D eigenvalue weighted by atomic mass is 16.4. The summed E-state index contributed by atoms with van der Waals surface area (Å²) < 4.78 is 6.77. The molecule has 0 aliphatic carbocycles. The van der Waals surface area contributed by atoms with E-state index in [9.17, 15) is 9.59 Å². The zero-order valence-corrected chi connectivity index (χ0v) is 11.9. The summed E-state index contributed by atoms with van der Waals surface area (Å²) in [5.74, 6) is -0.433. The van der Waals surface area contributed by atoms with E-state index in [1.165, 1.54) is 4.57 Å². The maximum Gasteiger partial charge on any atom is 0.420 e. The monoisotopic (exact) mass is 298 g/mol. The van der Waals surface area contributed by atoms with Crippen molar-refractivity contribution in [3.8, 4) is 0 Å². The summed E-state index contributed by atoms with van der Waals surface area (Å²) in [6.07, 6.45) is -1.13. The molecule has 1 aromatic heterocycles. The van der Waals surface area contributed by atoms with Gasteiger partial charge in [0.15, 0.2) is 5.58 Å². The molecule has 6 nitrogen and oxygen atoms in total. The van der Waals surface area contributed by atoms with E-state index < -0.39 is 11.8 Å². The van der Waals surface area contributed by atoms with Gasteiger partial charge in [-0.2, -0.15) is 0 Å². The van der Waals surface area contributed by atoms with Gasteiger partial charge in [0.1, 0.15) is 0 Å². The van der Waals surface area contributed by atoms with Crippen LogP contribution in [0.15, 0.2) is 51.7 Å². The first-order valence-electron chi connectivity index (χ1n) is 6.72. The summed E-state index contributed by atoms with van der Waals surface area (Å²) in [4.78, 5) is 22.7. The largest absolute Gasteiger partial charge is 0.465 e. The minimum absolute atomic E-state index is 0.310. The molecule has 22 heavy (non-hydrogen) atoms. The molecule has 0 radical (unpaired) electrons. The average molecular weight is 298 g/mol. The van der Waals surface area contributed by atoms with Crippen LogP contribution in [0, 0.1) is 6.92 Å². The van der Waals surface area contributed by atoms with Crippen molar-refractivity contribution in [3.05, 3.63) is 64.1 Å². The SMILES string of the molecule is Cc1ccc2c(c1)oc(=O)n2Cc1cccc(NC(=O)O)c1. The van der Waals surface area contributed by atoms with Crippen molar-refractivity contribution in [1.29, 1.82) is 0 Å². The Morgan fingerprint density at radius 1 is 1.27 bits per heavy atom. The lowest BCUT2D eigenvalue weighted by Crippen LogP contribution is -2.15. The lowest BCUT2D eigenvalue weighted by Gasteiger charge is -2.06. The molecule has 1 amide bonds. The van der Waals surface area contributed by atoms with Gasteiger partial charge in [0, 0.05) is 5.69 Å². The number of aromatic nitrogens is 1. The fourth-order valence-electron chi connectivity index (χ4n) is 2.38. The van der Waals surface area contributed by atoms with Crippen molar-refractivity contribution in [1.82, 2.24) is 4.57 Å². The highest BCUT2D eigenvalue weighted by molar-refractivity contribution is 5.82. The number of carboxylic acid groups (broad SMARTS) is 1. The van der Waals surface area contributed by atoms with E-state index in [0.717, 1.165) is 11.1 Å². The van der Waals surface area contributed by atoms with E-state index in [-0.39, 0.29) is 0 Å². The zero-order chi connectivity index (χ0) is 15.7. The minimum Gasteiger partial charge on any atom is -0.465 e. The average Bonchev–Trinajstić information content (AvgIpc) is 2.74. The maximum absolute atomic E-state index is 12.0. The van der Waals surface area contributed by atoms with Crippen LogP contribution in [0.1, 0.15) is 11.1 Å². The number of oxazole rings is 1. The Bertz CT molecular complexity index is 908. The Kier molecular flexibility index (Phi) is 3.42. The van der Waals surface area contributed by atoms with Crippen LogP contribution in [-0.2, 0) is 6.54 Å². The summed E-state index contributed by atoms with van der Waals surface area (Å²) in [6, 6.07) is 12.5. The molecule has 0 fully saturated rings. The molecule has 0 aliphatic rings. The van der Waals surface area contributed by atoms with Gasteiger partial charge < -0.3 is 9.52 Å². The third-order valence-corrected chi connectivity index (χ3v) is 3.34. The molecule has 0 aliphatic heterocycles. The number of amides is 1. The van der Waals surface area contributed by atoms with Gasteiger partial charge in [0.25, 0.3) is 0 Å². The Morgan fingerprint density at radius 3 is 2.86 bits per heavy atom. The molecular formula is C16H14N2O4. The van der Waals surface area contributed by atoms with E-state index in [0.29, 0.717) is 23.3 Å². The highest BCUT2D eigenvalue weighted by Gasteiger charge is 2.10. The molecule has 3 rings (SSSR count). The second-order valence-electron chi connectivity index (χ2n) is 5.06. The van der Waals surface area contributed by atoms with Crippen LogP contribution < -0.4 is 11.1 Å². The summed E-state index contributed by atoms with van der Waals surface area (Å²) in [5, 5.41) is 11.0. The summed E-state index contributed by atoms with van der Waals surface area (Å²) in [6.45, 7) is 2.24. The maximum atomic E-state index is 12.0. The second kappa shape index (κ2) is 5.40. The summed E-state index contributed by atoms with van der Waals surface area (Å²) >= 11 is 0. The van der Waals surface area contributed by atoms with Gasteiger partial charge in [0.2, 0.25) is 0 Å². The van der Waals surface area contributed by atoms with E-state index in [1.54, 1.807) is 18.2 Å². The molecule has 0 atom stereocenters. The number of aryl methyl sites for hydroxylation is 1. The molecule has 2 N–H and O–H groups in total. The molecule has 0 bridgehead atoms. The van der Waals surface area contributed by atoms with E-state index >= 15 is 0 Å². The molecule has 0 spiro atoms. The van der Waals surface area contributed by atoms with Gasteiger partial charge in [-0.1, -0.05) is 18.2 Å². The first-order valence-corrected chi connectivity index (χ1v) is 6.72. The lowest BCUT2D eigenvalue weighted by atomic mass is 10.2. The molecule has 2 aromatic carbocycles. The van der Waals surface area contributed by atoms with Crippen molar-refractivity contribution in [2.75, 3.05) is 5.32 Å². The van der Waals surface area contributed by atoms with Gasteiger partial charge in [-0.05, 0) is 42.3 Å². The van der Waals surface area contributed by atoms with E-state index in [1.807, 2.05) is 31.2 Å². The smallest absolute Gasteiger partial charge is 0.420 e. The van der Waals surface area contributed by atoms with Gasteiger partial charge in [0.05, 0.1) is 12.1 Å². The number of benzene rings is 2. The number of hydrogen-bond donors (Lipinski definition) is 2. The molecule has 6 heteroatoms. The number of hydrogen-bond acceptors (Lipinski definition) is 3. The van der Waals surface area contributed by atoms with Crippen molar-refractivity contribution in [3.63, 3.8) is 0 Å². The molecule has 0 saturated carbocycles. The Morgan fingerprint density at radius 2 is 2.09 bits per heavy atom. The predicted molar refractivity (Wildman–Crippen MR) is 82.4 cm³/mol. The van der Waals surface area contributed by atoms with Crippen LogP contribution in [0.4, 0.5) is 10.5 Å². The fraction of sp³-hybridized carbons (Fsp3) is 0.125. The van der Waals surface area contributed by atoms with Gasteiger partial charge in [-0.3, -0.25) is 9.88 Å². The van der Waals surface area contributed by atoms with Crippen LogP contribution in [0.3, 0.4) is 0 Å². The lowest BCUT2D eigenvalue weighted by molar-refractivity contribution is 0.210. The third-order valence-electron chi connectivity index (χ3n) is 3.34. The number of fused-ring (bicyclic) bond motifs is 1. The first kappa shape index (κ1) is 13.9. The van der Waals surface area contributed by atoms with E-state index in [2.05, 4.69) is 5.32 Å². The van der Waals surface area contributed by atoms with Crippen molar-refractivity contribution in [2.24, 2.45) is 0 Å². The molecule has 112 valence electrons.